The molecule has 1 aromatic heterocycles. The van der Waals surface area contributed by atoms with Gasteiger partial charge in [0, 0.05) is 26.0 Å². The third kappa shape index (κ3) is 5.49. The Labute approximate surface area is 102 Å². The molecule has 0 aliphatic rings. The molecule has 17 heavy (non-hydrogen) atoms. The van der Waals surface area contributed by atoms with Crippen molar-refractivity contribution in [2.75, 3.05) is 6.54 Å². The van der Waals surface area contributed by atoms with Crippen molar-refractivity contribution in [1.29, 1.82) is 0 Å². The molecule has 0 saturated carbocycles. The van der Waals surface area contributed by atoms with Gasteiger partial charge in [0.2, 0.25) is 0 Å². The second kappa shape index (κ2) is 5.82. The molecule has 96 valence electrons. The van der Waals surface area contributed by atoms with E-state index < -0.39 is 5.60 Å². The molecule has 0 bridgehead atoms. The van der Waals surface area contributed by atoms with Crippen LogP contribution in [0.5, 0.6) is 0 Å². The Balaban J connectivity index is 2.17. The van der Waals surface area contributed by atoms with E-state index in [9.17, 15) is 4.79 Å². The van der Waals surface area contributed by atoms with E-state index in [1.165, 1.54) is 0 Å². The number of hydrogen-bond acceptors (Lipinski definition) is 4. The maximum atomic E-state index is 11.4. The van der Waals surface area contributed by atoms with Crippen molar-refractivity contribution in [3.05, 3.63) is 18.2 Å². The van der Waals surface area contributed by atoms with E-state index in [0.29, 0.717) is 19.5 Å². The third-order valence-corrected chi connectivity index (χ3v) is 2.13. The molecule has 0 amide bonds. The molecule has 0 aromatic carbocycles. The van der Waals surface area contributed by atoms with Gasteiger partial charge in [-0.3, -0.25) is 4.79 Å². The van der Waals surface area contributed by atoms with E-state index in [-0.39, 0.29) is 5.97 Å². The standard InChI is InChI=1S/C12H21N3O2/c1-12(2,3)17-11(16)5-6-13-9-10-14-7-8-15(10)4/h7-8,13H,5-6,9H2,1-4H3. The number of aryl methyl sites for hydroxylation is 1. The molecule has 0 radical (unpaired) electrons. The minimum atomic E-state index is -0.406. The Hall–Kier alpha value is -1.36. The van der Waals surface area contributed by atoms with Gasteiger partial charge in [-0.15, -0.1) is 0 Å². The van der Waals surface area contributed by atoms with E-state index in [2.05, 4.69) is 10.3 Å². The summed E-state index contributed by atoms with van der Waals surface area (Å²) in [5.74, 6) is 0.777. The predicted octanol–water partition coefficient (Wildman–Crippen LogP) is 1.24. The molecule has 1 N–H and O–H groups in total. The van der Waals surface area contributed by atoms with Crippen LogP contribution in [0, 0.1) is 0 Å². The summed E-state index contributed by atoms with van der Waals surface area (Å²) in [6.07, 6.45) is 4.03. The highest BCUT2D eigenvalue weighted by molar-refractivity contribution is 5.70. The average molecular weight is 239 g/mol. The molecule has 0 saturated heterocycles. The molecule has 0 aliphatic heterocycles. The Morgan fingerprint density at radius 2 is 2.24 bits per heavy atom. The molecular weight excluding hydrogens is 218 g/mol. The van der Waals surface area contributed by atoms with Crippen LogP contribution < -0.4 is 5.32 Å². The van der Waals surface area contributed by atoms with Crippen molar-refractivity contribution in [3.63, 3.8) is 0 Å². The molecule has 0 spiro atoms. The zero-order valence-electron chi connectivity index (χ0n) is 11.0. The lowest BCUT2D eigenvalue weighted by molar-refractivity contribution is -0.154. The summed E-state index contributed by atoms with van der Waals surface area (Å²) in [6.45, 7) is 6.86. The van der Waals surface area contributed by atoms with Crippen LogP contribution in [-0.2, 0) is 23.1 Å². The van der Waals surface area contributed by atoms with Crippen molar-refractivity contribution in [2.45, 2.75) is 39.3 Å². The highest BCUT2D eigenvalue weighted by Gasteiger charge is 2.15. The Kier molecular flexibility index (Phi) is 4.69. The first-order valence-electron chi connectivity index (χ1n) is 5.77. The summed E-state index contributed by atoms with van der Waals surface area (Å²) in [7, 11) is 1.94. The highest BCUT2D eigenvalue weighted by atomic mass is 16.6. The van der Waals surface area contributed by atoms with Crippen LogP contribution in [0.25, 0.3) is 0 Å². The lowest BCUT2D eigenvalue weighted by Gasteiger charge is -2.19. The van der Waals surface area contributed by atoms with Gasteiger partial charge in [0.15, 0.2) is 0 Å². The first-order chi connectivity index (χ1) is 7.88. The molecule has 5 nitrogen and oxygen atoms in total. The minimum Gasteiger partial charge on any atom is -0.460 e. The van der Waals surface area contributed by atoms with E-state index in [0.717, 1.165) is 5.82 Å². The van der Waals surface area contributed by atoms with Crippen molar-refractivity contribution in [1.82, 2.24) is 14.9 Å². The van der Waals surface area contributed by atoms with Gasteiger partial charge in [-0.05, 0) is 20.8 Å². The molecule has 0 unspecified atom stereocenters. The van der Waals surface area contributed by atoms with Gasteiger partial charge in [-0.2, -0.15) is 0 Å². The monoisotopic (exact) mass is 239 g/mol. The average Bonchev–Trinajstić information content (AvgIpc) is 2.56. The van der Waals surface area contributed by atoms with Gasteiger partial charge >= 0.3 is 5.97 Å². The Morgan fingerprint density at radius 3 is 2.76 bits per heavy atom. The van der Waals surface area contributed by atoms with Crippen LogP contribution in [0.2, 0.25) is 0 Å². The van der Waals surface area contributed by atoms with Crippen LogP contribution in [0.15, 0.2) is 12.4 Å². The first kappa shape index (κ1) is 13.7. The SMILES string of the molecule is Cn1ccnc1CNCCC(=O)OC(C)(C)C. The minimum absolute atomic E-state index is 0.176. The summed E-state index contributed by atoms with van der Waals surface area (Å²) < 4.78 is 7.14. The Morgan fingerprint density at radius 1 is 1.53 bits per heavy atom. The van der Waals surface area contributed by atoms with Crippen molar-refractivity contribution in [3.8, 4) is 0 Å². The fraction of sp³-hybridized carbons (Fsp3) is 0.667. The topological polar surface area (TPSA) is 56.2 Å². The van der Waals surface area contributed by atoms with Crippen molar-refractivity contribution < 1.29 is 9.53 Å². The second-order valence-corrected chi connectivity index (χ2v) is 4.97. The number of hydrogen-bond donors (Lipinski definition) is 1. The van der Waals surface area contributed by atoms with Crippen molar-refractivity contribution in [2.24, 2.45) is 7.05 Å². The summed E-state index contributed by atoms with van der Waals surface area (Å²) in [4.78, 5) is 15.6. The van der Waals surface area contributed by atoms with Crippen LogP contribution in [0.1, 0.15) is 33.0 Å². The summed E-state index contributed by atoms with van der Waals surface area (Å²) in [5, 5.41) is 3.16. The lowest BCUT2D eigenvalue weighted by Crippen LogP contribution is -2.27. The van der Waals surface area contributed by atoms with Crippen LogP contribution in [-0.4, -0.2) is 27.7 Å². The van der Waals surface area contributed by atoms with Crippen LogP contribution >= 0.6 is 0 Å². The maximum absolute atomic E-state index is 11.4. The van der Waals surface area contributed by atoms with Gasteiger partial charge in [-0.25, -0.2) is 4.98 Å². The molecule has 1 heterocycles. The van der Waals surface area contributed by atoms with Gasteiger partial charge in [-0.1, -0.05) is 0 Å². The molecular formula is C12H21N3O2. The van der Waals surface area contributed by atoms with E-state index >= 15 is 0 Å². The number of carbonyl (C=O) groups is 1. The summed E-state index contributed by atoms with van der Waals surface area (Å²) in [5.41, 5.74) is -0.406. The molecule has 0 fully saturated rings. The fourth-order valence-electron chi connectivity index (χ4n) is 1.35. The largest absolute Gasteiger partial charge is 0.460 e. The summed E-state index contributed by atoms with van der Waals surface area (Å²) >= 11 is 0. The smallest absolute Gasteiger partial charge is 0.307 e. The number of carbonyl (C=O) groups excluding carboxylic acids is 1. The zero-order valence-corrected chi connectivity index (χ0v) is 11.0. The van der Waals surface area contributed by atoms with Crippen molar-refractivity contribution >= 4 is 5.97 Å². The molecule has 0 atom stereocenters. The lowest BCUT2D eigenvalue weighted by atomic mass is 10.2. The molecule has 1 aromatic rings. The normalized spacial score (nSPS) is 11.5. The molecule has 0 aliphatic carbocycles. The van der Waals surface area contributed by atoms with Crippen LogP contribution in [0.4, 0.5) is 0 Å². The Bertz CT molecular complexity index is 366. The van der Waals surface area contributed by atoms with Gasteiger partial charge < -0.3 is 14.6 Å². The number of imidazole rings is 1. The van der Waals surface area contributed by atoms with Gasteiger partial charge in [0.05, 0.1) is 13.0 Å². The van der Waals surface area contributed by atoms with Gasteiger partial charge in [0.1, 0.15) is 11.4 Å². The number of nitrogens with one attached hydrogen (secondary N) is 1. The van der Waals surface area contributed by atoms with Gasteiger partial charge in [0.25, 0.3) is 0 Å². The van der Waals surface area contributed by atoms with E-state index in [1.54, 1.807) is 6.20 Å². The fourth-order valence-corrected chi connectivity index (χ4v) is 1.35. The number of esters is 1. The predicted molar refractivity (Wildman–Crippen MR) is 65.4 cm³/mol. The zero-order chi connectivity index (χ0) is 12.9. The molecule has 1 rings (SSSR count). The third-order valence-electron chi connectivity index (χ3n) is 2.13. The maximum Gasteiger partial charge on any atom is 0.307 e. The van der Waals surface area contributed by atoms with Crippen LogP contribution in [0.3, 0.4) is 0 Å². The number of rotatable bonds is 5. The molecule has 5 heteroatoms. The highest BCUT2D eigenvalue weighted by Crippen LogP contribution is 2.07. The quantitative estimate of drug-likeness (QED) is 0.620. The number of ether oxygens (including phenoxy) is 1. The first-order valence-corrected chi connectivity index (χ1v) is 5.77. The second-order valence-electron chi connectivity index (χ2n) is 4.97. The number of nitrogens with zero attached hydrogens (tertiary/aromatic N) is 2. The number of aromatic nitrogens is 2. The van der Waals surface area contributed by atoms with E-state index in [1.807, 2.05) is 38.6 Å². The van der Waals surface area contributed by atoms with E-state index in [4.69, 9.17) is 4.74 Å². The summed E-state index contributed by atoms with van der Waals surface area (Å²) in [6, 6.07) is 0.